The summed E-state index contributed by atoms with van der Waals surface area (Å²) in [5, 5.41) is 4.06. The number of aryl methyl sites for hydroxylation is 1. The van der Waals surface area contributed by atoms with Crippen molar-refractivity contribution in [2.45, 2.75) is 30.7 Å². The molecule has 0 radical (unpaired) electrons. The summed E-state index contributed by atoms with van der Waals surface area (Å²) in [5.41, 5.74) is 1.54. The van der Waals surface area contributed by atoms with Crippen LogP contribution < -0.4 is 10.0 Å². The smallest absolute Gasteiger partial charge is 0.243 e. The van der Waals surface area contributed by atoms with Crippen LogP contribution in [0.4, 0.5) is 0 Å². The minimum atomic E-state index is -3.55. The first-order valence-corrected chi connectivity index (χ1v) is 8.63. The van der Waals surface area contributed by atoms with Crippen molar-refractivity contribution in [3.05, 3.63) is 36.0 Å². The van der Waals surface area contributed by atoms with Gasteiger partial charge in [-0.1, -0.05) is 12.1 Å². The van der Waals surface area contributed by atoms with Crippen LogP contribution in [-0.4, -0.2) is 32.5 Å². The van der Waals surface area contributed by atoms with E-state index >= 15 is 0 Å². The molecule has 1 aliphatic heterocycles. The van der Waals surface area contributed by atoms with Crippen molar-refractivity contribution in [3.8, 4) is 0 Å². The summed E-state index contributed by atoms with van der Waals surface area (Å²) in [4.78, 5) is 4.56. The van der Waals surface area contributed by atoms with Crippen LogP contribution in [0.5, 0.6) is 0 Å². The molecule has 1 aliphatic rings. The Hall–Kier alpha value is -1.50. The van der Waals surface area contributed by atoms with E-state index in [1.54, 1.807) is 18.3 Å². The van der Waals surface area contributed by atoms with E-state index in [0.717, 1.165) is 30.3 Å². The highest BCUT2D eigenvalue weighted by atomic mass is 32.2. The van der Waals surface area contributed by atoms with Gasteiger partial charge in [0.15, 0.2) is 0 Å². The van der Waals surface area contributed by atoms with Crippen molar-refractivity contribution in [2.24, 2.45) is 0 Å². The van der Waals surface area contributed by atoms with Crippen LogP contribution in [0, 0.1) is 6.92 Å². The molecule has 0 bridgehead atoms. The van der Waals surface area contributed by atoms with E-state index in [4.69, 9.17) is 0 Å². The average molecular weight is 305 g/mol. The molecule has 6 heteroatoms. The Balaban J connectivity index is 1.98. The van der Waals surface area contributed by atoms with Gasteiger partial charge in [-0.2, -0.15) is 0 Å². The lowest BCUT2D eigenvalue weighted by Gasteiger charge is -2.23. The third kappa shape index (κ3) is 3.07. The quantitative estimate of drug-likeness (QED) is 0.903. The third-order valence-electron chi connectivity index (χ3n) is 3.72. The molecule has 0 aliphatic carbocycles. The number of pyridine rings is 1. The summed E-state index contributed by atoms with van der Waals surface area (Å²) in [5.74, 6) is 0. The maximum Gasteiger partial charge on any atom is 0.243 e. The van der Waals surface area contributed by atoms with E-state index < -0.39 is 10.0 Å². The molecule has 2 heterocycles. The highest BCUT2D eigenvalue weighted by molar-refractivity contribution is 7.89. The Morgan fingerprint density at radius 2 is 2.24 bits per heavy atom. The van der Waals surface area contributed by atoms with Gasteiger partial charge in [0.1, 0.15) is 4.90 Å². The van der Waals surface area contributed by atoms with Crippen LogP contribution in [0.25, 0.3) is 10.9 Å². The zero-order valence-corrected chi connectivity index (χ0v) is 12.8. The molecule has 1 fully saturated rings. The Bertz CT molecular complexity index is 753. The summed E-state index contributed by atoms with van der Waals surface area (Å²) in [6, 6.07) is 7.16. The van der Waals surface area contributed by atoms with E-state index in [0.29, 0.717) is 12.1 Å². The lowest BCUT2D eigenvalue weighted by Crippen LogP contribution is -2.45. The molecule has 5 nitrogen and oxygen atoms in total. The lowest BCUT2D eigenvalue weighted by atomic mass is 10.1. The molecule has 21 heavy (non-hydrogen) atoms. The molecule has 2 aromatic rings. The molecule has 0 saturated carbocycles. The molecule has 0 unspecified atom stereocenters. The number of sulfonamides is 1. The normalized spacial score (nSPS) is 19.8. The van der Waals surface area contributed by atoms with E-state index in [2.05, 4.69) is 15.0 Å². The van der Waals surface area contributed by atoms with Crippen LogP contribution in [0.15, 0.2) is 35.4 Å². The molecule has 0 amide bonds. The van der Waals surface area contributed by atoms with E-state index in [-0.39, 0.29) is 10.9 Å². The van der Waals surface area contributed by atoms with E-state index in [9.17, 15) is 8.42 Å². The van der Waals surface area contributed by atoms with Crippen molar-refractivity contribution in [2.75, 3.05) is 13.1 Å². The monoisotopic (exact) mass is 305 g/mol. The second kappa shape index (κ2) is 5.71. The molecule has 2 N–H and O–H groups in total. The molecule has 1 aromatic heterocycles. The van der Waals surface area contributed by atoms with Gasteiger partial charge in [0.25, 0.3) is 0 Å². The van der Waals surface area contributed by atoms with Gasteiger partial charge in [0.2, 0.25) is 10.0 Å². The fraction of sp³-hybridized carbons (Fsp3) is 0.400. The van der Waals surface area contributed by atoms with Crippen molar-refractivity contribution in [1.29, 1.82) is 0 Å². The van der Waals surface area contributed by atoms with Crippen LogP contribution in [0.3, 0.4) is 0 Å². The van der Waals surface area contributed by atoms with Crippen LogP contribution >= 0.6 is 0 Å². The predicted molar refractivity (Wildman–Crippen MR) is 82.7 cm³/mol. The first-order chi connectivity index (χ1) is 10.1. The number of nitrogens with one attached hydrogen (secondary N) is 2. The van der Waals surface area contributed by atoms with Crippen molar-refractivity contribution in [3.63, 3.8) is 0 Å². The number of aromatic nitrogens is 1. The van der Waals surface area contributed by atoms with Crippen molar-refractivity contribution < 1.29 is 8.42 Å². The maximum absolute atomic E-state index is 12.6. The standard InChI is InChI=1S/C15H19N3O2S/c1-11-8-12-4-2-6-14(15(12)17-9-11)21(19,20)18-13-5-3-7-16-10-13/h2,4,6,8-9,13,16,18H,3,5,7,10H2,1H3/t13-/m0/s1. The van der Waals surface area contributed by atoms with Gasteiger partial charge in [0, 0.05) is 24.2 Å². The largest absolute Gasteiger partial charge is 0.315 e. The molecular formula is C15H19N3O2S. The first kappa shape index (κ1) is 14.4. The molecule has 1 atom stereocenters. The number of piperidine rings is 1. The third-order valence-corrected chi connectivity index (χ3v) is 5.27. The van der Waals surface area contributed by atoms with Gasteiger partial charge in [-0.3, -0.25) is 4.98 Å². The number of para-hydroxylation sites is 1. The zero-order chi connectivity index (χ0) is 14.9. The number of nitrogens with zero attached hydrogens (tertiary/aromatic N) is 1. The zero-order valence-electron chi connectivity index (χ0n) is 12.0. The number of benzene rings is 1. The molecule has 3 rings (SSSR count). The molecular weight excluding hydrogens is 286 g/mol. The summed E-state index contributed by atoms with van der Waals surface area (Å²) < 4.78 is 28.0. The second-order valence-electron chi connectivity index (χ2n) is 5.51. The van der Waals surface area contributed by atoms with Crippen LogP contribution in [-0.2, 0) is 10.0 Å². The first-order valence-electron chi connectivity index (χ1n) is 7.15. The summed E-state index contributed by atoms with van der Waals surface area (Å²) in [6.45, 7) is 3.57. The predicted octanol–water partition coefficient (Wildman–Crippen LogP) is 1.57. The Labute approximate surface area is 124 Å². The molecule has 0 spiro atoms. The fourth-order valence-electron chi connectivity index (χ4n) is 2.70. The van der Waals surface area contributed by atoms with Crippen LogP contribution in [0.1, 0.15) is 18.4 Å². The Kier molecular flexibility index (Phi) is 3.93. The van der Waals surface area contributed by atoms with Gasteiger partial charge >= 0.3 is 0 Å². The van der Waals surface area contributed by atoms with Gasteiger partial charge in [-0.25, -0.2) is 13.1 Å². The number of rotatable bonds is 3. The number of fused-ring (bicyclic) bond motifs is 1. The molecule has 1 saturated heterocycles. The second-order valence-corrected chi connectivity index (χ2v) is 7.19. The van der Waals surface area contributed by atoms with Crippen LogP contribution in [0.2, 0.25) is 0 Å². The van der Waals surface area contributed by atoms with Gasteiger partial charge in [-0.05, 0) is 44.0 Å². The number of hydrogen-bond acceptors (Lipinski definition) is 4. The molecule has 112 valence electrons. The average Bonchev–Trinajstić information content (AvgIpc) is 2.47. The van der Waals surface area contributed by atoms with Gasteiger partial charge in [0.05, 0.1) is 5.52 Å². The van der Waals surface area contributed by atoms with Crippen molar-refractivity contribution in [1.82, 2.24) is 15.0 Å². The highest BCUT2D eigenvalue weighted by Crippen LogP contribution is 2.22. The Morgan fingerprint density at radius 3 is 3.00 bits per heavy atom. The van der Waals surface area contributed by atoms with Gasteiger partial charge in [-0.15, -0.1) is 0 Å². The van der Waals surface area contributed by atoms with E-state index in [1.165, 1.54) is 0 Å². The fourth-order valence-corrected chi connectivity index (χ4v) is 4.14. The summed E-state index contributed by atoms with van der Waals surface area (Å²) in [7, 11) is -3.55. The minimum Gasteiger partial charge on any atom is -0.315 e. The summed E-state index contributed by atoms with van der Waals surface area (Å²) >= 11 is 0. The van der Waals surface area contributed by atoms with Gasteiger partial charge < -0.3 is 5.32 Å². The SMILES string of the molecule is Cc1cnc2c(S(=O)(=O)N[C@H]3CCCNC3)cccc2c1. The lowest BCUT2D eigenvalue weighted by molar-refractivity contribution is 0.429. The Morgan fingerprint density at radius 1 is 1.38 bits per heavy atom. The molecule has 1 aromatic carbocycles. The van der Waals surface area contributed by atoms with E-state index in [1.807, 2.05) is 19.1 Å². The number of hydrogen-bond donors (Lipinski definition) is 2. The topological polar surface area (TPSA) is 71.1 Å². The minimum absolute atomic E-state index is 0.0514. The van der Waals surface area contributed by atoms with Crippen molar-refractivity contribution >= 4 is 20.9 Å². The maximum atomic E-state index is 12.6. The summed E-state index contributed by atoms with van der Waals surface area (Å²) in [6.07, 6.45) is 3.55. The highest BCUT2D eigenvalue weighted by Gasteiger charge is 2.23.